The Morgan fingerprint density at radius 2 is 1.95 bits per heavy atom. The van der Waals surface area contributed by atoms with Crippen molar-refractivity contribution in [2.75, 3.05) is 0 Å². The summed E-state index contributed by atoms with van der Waals surface area (Å²) in [6, 6.07) is 8.11. The Hall–Kier alpha value is -2.94. The van der Waals surface area contributed by atoms with E-state index in [9.17, 15) is 13.6 Å². The maximum atomic E-state index is 13.4. The fourth-order valence-corrected chi connectivity index (χ4v) is 1.57. The van der Waals surface area contributed by atoms with E-state index in [4.69, 9.17) is 15.1 Å². The van der Waals surface area contributed by atoms with E-state index in [1.54, 1.807) is 6.07 Å². The van der Waals surface area contributed by atoms with E-state index in [0.29, 0.717) is 0 Å². The minimum Gasteiger partial charge on any atom is -0.478 e. The number of carboxylic acids is 1. The first-order chi connectivity index (χ1) is 9.52. The fourth-order valence-electron chi connectivity index (χ4n) is 1.57. The van der Waals surface area contributed by atoms with E-state index >= 15 is 0 Å². The van der Waals surface area contributed by atoms with Crippen molar-refractivity contribution >= 4 is 5.97 Å². The number of hydrogen-bond donors (Lipinski definition) is 1. The molecule has 0 atom stereocenters. The van der Waals surface area contributed by atoms with Crippen LogP contribution >= 0.6 is 0 Å². The largest absolute Gasteiger partial charge is 0.478 e. The second-order valence-corrected chi connectivity index (χ2v) is 3.77. The zero-order valence-corrected chi connectivity index (χ0v) is 9.93. The molecule has 0 bridgehead atoms. The molecule has 0 aliphatic heterocycles. The highest BCUT2D eigenvalue weighted by Crippen LogP contribution is 2.29. The van der Waals surface area contributed by atoms with Gasteiger partial charge in [-0.2, -0.15) is 5.26 Å². The van der Waals surface area contributed by atoms with Crippen molar-refractivity contribution in [3.8, 4) is 17.6 Å². The van der Waals surface area contributed by atoms with E-state index in [1.165, 1.54) is 12.1 Å². The Bertz CT molecular complexity index is 723. The topological polar surface area (TPSA) is 70.3 Å². The van der Waals surface area contributed by atoms with E-state index in [0.717, 1.165) is 24.3 Å². The number of aromatic carboxylic acids is 1. The number of ether oxygens (including phenoxy) is 1. The molecule has 2 rings (SSSR count). The van der Waals surface area contributed by atoms with E-state index < -0.39 is 17.6 Å². The molecule has 2 aromatic rings. The second kappa shape index (κ2) is 5.36. The summed E-state index contributed by atoms with van der Waals surface area (Å²) in [4.78, 5) is 11.0. The standard InChI is InChI=1S/C14H7F2NO3/c15-8-4-5-9(14(18)19)13(6-8)20-12-3-1-2-11(16)10(12)7-17/h1-6H,(H,18,19). The lowest BCUT2D eigenvalue weighted by Crippen LogP contribution is -2.01. The molecule has 0 aliphatic rings. The normalized spacial score (nSPS) is 9.85. The molecule has 0 amide bonds. The summed E-state index contributed by atoms with van der Waals surface area (Å²) >= 11 is 0. The summed E-state index contributed by atoms with van der Waals surface area (Å²) in [7, 11) is 0. The van der Waals surface area contributed by atoms with Crippen LogP contribution in [0.15, 0.2) is 36.4 Å². The second-order valence-electron chi connectivity index (χ2n) is 3.77. The van der Waals surface area contributed by atoms with Gasteiger partial charge in [0.05, 0.1) is 0 Å². The number of hydrogen-bond acceptors (Lipinski definition) is 3. The van der Waals surface area contributed by atoms with Crippen LogP contribution in [0.1, 0.15) is 15.9 Å². The Balaban J connectivity index is 2.51. The smallest absolute Gasteiger partial charge is 0.339 e. The third-order valence-electron chi connectivity index (χ3n) is 2.48. The van der Waals surface area contributed by atoms with Gasteiger partial charge in [-0.15, -0.1) is 0 Å². The Labute approximate surface area is 112 Å². The zero-order valence-electron chi connectivity index (χ0n) is 9.93. The number of nitriles is 1. The molecule has 20 heavy (non-hydrogen) atoms. The fraction of sp³-hybridized carbons (Fsp3) is 0. The third kappa shape index (κ3) is 2.57. The Kier molecular flexibility index (Phi) is 3.62. The summed E-state index contributed by atoms with van der Waals surface area (Å²) in [5, 5.41) is 17.8. The van der Waals surface area contributed by atoms with Gasteiger partial charge in [-0.1, -0.05) is 6.07 Å². The first kappa shape index (κ1) is 13.5. The lowest BCUT2D eigenvalue weighted by molar-refractivity contribution is 0.0694. The molecular weight excluding hydrogens is 268 g/mol. The van der Waals surface area contributed by atoms with Gasteiger partial charge in [0.1, 0.15) is 40.3 Å². The number of rotatable bonds is 3. The van der Waals surface area contributed by atoms with Crippen molar-refractivity contribution in [3.05, 3.63) is 59.2 Å². The van der Waals surface area contributed by atoms with Gasteiger partial charge in [0, 0.05) is 6.07 Å². The van der Waals surface area contributed by atoms with Gasteiger partial charge < -0.3 is 9.84 Å². The quantitative estimate of drug-likeness (QED) is 0.932. The molecule has 0 aromatic heterocycles. The summed E-state index contributed by atoms with van der Waals surface area (Å²) in [6.07, 6.45) is 0. The van der Waals surface area contributed by atoms with Gasteiger partial charge >= 0.3 is 5.97 Å². The van der Waals surface area contributed by atoms with Crippen molar-refractivity contribution in [2.45, 2.75) is 0 Å². The summed E-state index contributed by atoms with van der Waals surface area (Å²) in [5.41, 5.74) is -0.673. The van der Waals surface area contributed by atoms with E-state index in [-0.39, 0.29) is 22.6 Å². The predicted molar refractivity (Wildman–Crippen MR) is 64.5 cm³/mol. The van der Waals surface area contributed by atoms with E-state index in [2.05, 4.69) is 0 Å². The first-order valence-electron chi connectivity index (χ1n) is 5.42. The van der Waals surface area contributed by atoms with Crippen LogP contribution in [0, 0.1) is 23.0 Å². The predicted octanol–water partition coefficient (Wildman–Crippen LogP) is 3.33. The van der Waals surface area contributed by atoms with Gasteiger partial charge in [0.2, 0.25) is 0 Å². The molecule has 0 saturated carbocycles. The van der Waals surface area contributed by atoms with Gasteiger partial charge in [-0.3, -0.25) is 0 Å². The molecular formula is C14H7F2NO3. The lowest BCUT2D eigenvalue weighted by Gasteiger charge is -2.10. The van der Waals surface area contributed by atoms with Gasteiger partial charge in [0.15, 0.2) is 0 Å². The van der Waals surface area contributed by atoms with Crippen molar-refractivity contribution in [3.63, 3.8) is 0 Å². The molecule has 0 spiro atoms. The number of nitrogens with zero attached hydrogens (tertiary/aromatic N) is 1. The lowest BCUT2D eigenvalue weighted by atomic mass is 10.2. The molecule has 0 radical (unpaired) electrons. The maximum absolute atomic E-state index is 13.4. The Morgan fingerprint density at radius 1 is 1.20 bits per heavy atom. The van der Waals surface area contributed by atoms with Crippen LogP contribution in [-0.2, 0) is 0 Å². The summed E-state index contributed by atoms with van der Waals surface area (Å²) in [5.74, 6) is -3.33. The summed E-state index contributed by atoms with van der Waals surface area (Å²) < 4.78 is 31.7. The van der Waals surface area contributed by atoms with Crippen molar-refractivity contribution in [1.82, 2.24) is 0 Å². The van der Waals surface area contributed by atoms with Gasteiger partial charge in [0.25, 0.3) is 0 Å². The van der Waals surface area contributed by atoms with Crippen LogP contribution in [0.4, 0.5) is 8.78 Å². The van der Waals surface area contributed by atoms with Crippen LogP contribution in [0.25, 0.3) is 0 Å². The van der Waals surface area contributed by atoms with Crippen LogP contribution in [0.5, 0.6) is 11.5 Å². The van der Waals surface area contributed by atoms with Crippen LogP contribution < -0.4 is 4.74 Å². The molecule has 1 N–H and O–H groups in total. The minimum atomic E-state index is -1.32. The number of carboxylic acid groups (broad SMARTS) is 1. The Morgan fingerprint density at radius 3 is 2.60 bits per heavy atom. The maximum Gasteiger partial charge on any atom is 0.339 e. The van der Waals surface area contributed by atoms with Crippen molar-refractivity contribution in [2.24, 2.45) is 0 Å². The highest BCUT2D eigenvalue weighted by molar-refractivity contribution is 5.91. The average Bonchev–Trinajstić information content (AvgIpc) is 2.38. The van der Waals surface area contributed by atoms with Crippen LogP contribution in [0.3, 0.4) is 0 Å². The highest BCUT2D eigenvalue weighted by Gasteiger charge is 2.16. The molecule has 0 unspecified atom stereocenters. The van der Waals surface area contributed by atoms with E-state index in [1.807, 2.05) is 0 Å². The molecule has 0 aliphatic carbocycles. The van der Waals surface area contributed by atoms with Gasteiger partial charge in [-0.25, -0.2) is 13.6 Å². The van der Waals surface area contributed by atoms with Crippen LogP contribution in [-0.4, -0.2) is 11.1 Å². The minimum absolute atomic E-state index is 0.180. The monoisotopic (exact) mass is 275 g/mol. The molecule has 6 heteroatoms. The zero-order chi connectivity index (χ0) is 14.7. The van der Waals surface area contributed by atoms with Gasteiger partial charge in [-0.05, 0) is 24.3 Å². The third-order valence-corrected chi connectivity index (χ3v) is 2.48. The number of benzene rings is 2. The van der Waals surface area contributed by atoms with Crippen molar-refractivity contribution in [1.29, 1.82) is 5.26 Å². The van der Waals surface area contributed by atoms with Crippen LogP contribution in [0.2, 0.25) is 0 Å². The first-order valence-corrected chi connectivity index (χ1v) is 5.42. The molecule has 0 fully saturated rings. The molecule has 4 nitrogen and oxygen atoms in total. The average molecular weight is 275 g/mol. The summed E-state index contributed by atoms with van der Waals surface area (Å²) in [6.45, 7) is 0. The van der Waals surface area contributed by atoms with Crippen molar-refractivity contribution < 1.29 is 23.4 Å². The SMILES string of the molecule is N#Cc1c(F)cccc1Oc1cc(F)ccc1C(=O)O. The molecule has 100 valence electrons. The number of halogens is 2. The molecule has 2 aromatic carbocycles. The molecule has 0 heterocycles. The highest BCUT2D eigenvalue weighted by atomic mass is 19.1. The molecule has 0 saturated heterocycles. The number of carbonyl (C=O) groups is 1.